The number of amides is 1. The van der Waals surface area contributed by atoms with Crippen LogP contribution < -0.4 is 5.32 Å². The number of carbonyl (C=O) groups is 1. The van der Waals surface area contributed by atoms with Crippen molar-refractivity contribution in [1.82, 2.24) is 15.5 Å². The summed E-state index contributed by atoms with van der Waals surface area (Å²) in [5, 5.41) is 16.7. The molecule has 2 aliphatic carbocycles. The Morgan fingerprint density at radius 2 is 2.05 bits per heavy atom. The molecule has 2 aliphatic rings. The van der Waals surface area contributed by atoms with Crippen LogP contribution in [-0.2, 0) is 4.79 Å². The summed E-state index contributed by atoms with van der Waals surface area (Å²) < 4.78 is 5.27. The average molecular weight is 279 g/mol. The minimum absolute atomic E-state index is 0.0310. The fraction of sp³-hybridized carbons (Fsp3) is 0.786. The van der Waals surface area contributed by atoms with Crippen LogP contribution in [0.2, 0.25) is 0 Å². The lowest BCUT2D eigenvalue weighted by Gasteiger charge is -2.17. The largest absolute Gasteiger partial charge is 0.391 e. The molecule has 1 heterocycles. The molecule has 0 bridgehead atoms. The Morgan fingerprint density at radius 1 is 1.35 bits per heavy atom. The third-order valence-electron chi connectivity index (χ3n) is 4.17. The fourth-order valence-corrected chi connectivity index (χ4v) is 2.73. The molecule has 0 aromatic carbocycles. The van der Waals surface area contributed by atoms with Crippen LogP contribution >= 0.6 is 0 Å². The van der Waals surface area contributed by atoms with Crippen LogP contribution in [0, 0.1) is 5.92 Å². The molecule has 0 unspecified atom stereocenters. The zero-order chi connectivity index (χ0) is 14.1. The van der Waals surface area contributed by atoms with Gasteiger partial charge in [0.25, 0.3) is 5.89 Å². The highest BCUT2D eigenvalue weighted by molar-refractivity contribution is 5.81. The van der Waals surface area contributed by atoms with E-state index in [4.69, 9.17) is 4.52 Å². The van der Waals surface area contributed by atoms with E-state index in [1.54, 1.807) is 6.92 Å². The number of aromatic nitrogens is 2. The third kappa shape index (κ3) is 2.85. The summed E-state index contributed by atoms with van der Waals surface area (Å²) in [7, 11) is 0. The van der Waals surface area contributed by atoms with Crippen LogP contribution in [0.3, 0.4) is 0 Å². The second-order valence-corrected chi connectivity index (χ2v) is 5.97. The van der Waals surface area contributed by atoms with E-state index in [0.717, 1.165) is 25.7 Å². The first-order valence-electron chi connectivity index (χ1n) is 7.47. The molecule has 2 fully saturated rings. The average Bonchev–Trinajstić information content (AvgIpc) is 2.93. The quantitative estimate of drug-likeness (QED) is 0.856. The minimum Gasteiger partial charge on any atom is -0.391 e. The van der Waals surface area contributed by atoms with Crippen molar-refractivity contribution in [2.24, 2.45) is 5.92 Å². The molecule has 2 N–H and O–H groups in total. The monoisotopic (exact) mass is 279 g/mol. The summed E-state index contributed by atoms with van der Waals surface area (Å²) in [6.07, 6.45) is 5.68. The second kappa shape index (κ2) is 5.52. The van der Waals surface area contributed by atoms with Crippen molar-refractivity contribution in [2.75, 3.05) is 0 Å². The molecule has 1 aromatic rings. The first-order valence-corrected chi connectivity index (χ1v) is 7.47. The van der Waals surface area contributed by atoms with E-state index in [2.05, 4.69) is 15.5 Å². The smallest absolute Gasteiger partial charge is 0.251 e. The molecule has 0 saturated heterocycles. The van der Waals surface area contributed by atoms with E-state index in [-0.39, 0.29) is 11.8 Å². The molecule has 0 spiro atoms. The van der Waals surface area contributed by atoms with E-state index >= 15 is 0 Å². The van der Waals surface area contributed by atoms with Gasteiger partial charge in [0, 0.05) is 11.8 Å². The normalized spacial score (nSPS) is 22.7. The van der Waals surface area contributed by atoms with Crippen molar-refractivity contribution in [2.45, 2.75) is 63.5 Å². The molecule has 3 rings (SSSR count). The highest BCUT2D eigenvalue weighted by Gasteiger charge is 2.34. The second-order valence-electron chi connectivity index (χ2n) is 5.97. The van der Waals surface area contributed by atoms with Crippen molar-refractivity contribution >= 4 is 5.91 Å². The zero-order valence-electron chi connectivity index (χ0n) is 11.7. The highest BCUT2D eigenvalue weighted by Crippen LogP contribution is 2.33. The maximum absolute atomic E-state index is 11.8. The van der Waals surface area contributed by atoms with Gasteiger partial charge >= 0.3 is 0 Å². The van der Waals surface area contributed by atoms with E-state index in [1.165, 1.54) is 12.8 Å². The van der Waals surface area contributed by atoms with Gasteiger partial charge in [0.2, 0.25) is 5.91 Å². The van der Waals surface area contributed by atoms with Crippen LogP contribution in [0.4, 0.5) is 0 Å². The van der Waals surface area contributed by atoms with Gasteiger partial charge in [-0.25, -0.2) is 0 Å². The molecular weight excluding hydrogens is 258 g/mol. The molecule has 0 aliphatic heterocycles. The lowest BCUT2D eigenvalue weighted by molar-refractivity contribution is -0.124. The Hall–Kier alpha value is -1.43. The molecule has 2 saturated carbocycles. The number of rotatable bonds is 5. The molecule has 110 valence electrons. The number of hydrogen-bond donors (Lipinski definition) is 2. The van der Waals surface area contributed by atoms with Crippen molar-refractivity contribution < 1.29 is 14.4 Å². The SMILES string of the molecule is C[C@H](O)[C@@H](NC(=O)C1CC1)c1nc(C2CCCC2)no1. The van der Waals surface area contributed by atoms with Crippen LogP contribution in [0.1, 0.15) is 69.1 Å². The number of carbonyl (C=O) groups excluding carboxylic acids is 1. The van der Waals surface area contributed by atoms with Gasteiger partial charge in [0.15, 0.2) is 5.82 Å². The first kappa shape index (κ1) is 13.5. The molecule has 0 radical (unpaired) electrons. The lowest BCUT2D eigenvalue weighted by Crippen LogP contribution is -2.36. The number of hydrogen-bond acceptors (Lipinski definition) is 5. The van der Waals surface area contributed by atoms with Crippen molar-refractivity contribution in [3.8, 4) is 0 Å². The number of nitrogens with one attached hydrogen (secondary N) is 1. The van der Waals surface area contributed by atoms with E-state index in [9.17, 15) is 9.90 Å². The molecule has 2 atom stereocenters. The summed E-state index contributed by atoms with van der Waals surface area (Å²) in [6.45, 7) is 1.62. The first-order chi connectivity index (χ1) is 9.65. The summed E-state index contributed by atoms with van der Waals surface area (Å²) >= 11 is 0. The highest BCUT2D eigenvalue weighted by atomic mass is 16.5. The van der Waals surface area contributed by atoms with E-state index < -0.39 is 12.1 Å². The number of aliphatic hydroxyl groups excluding tert-OH is 1. The Labute approximate surface area is 117 Å². The summed E-state index contributed by atoms with van der Waals surface area (Å²) in [4.78, 5) is 16.2. The Morgan fingerprint density at radius 3 is 2.65 bits per heavy atom. The Balaban J connectivity index is 1.71. The molecule has 1 aromatic heterocycles. The predicted octanol–water partition coefficient (Wildman–Crippen LogP) is 1.68. The van der Waals surface area contributed by atoms with Gasteiger partial charge in [0.1, 0.15) is 6.04 Å². The lowest BCUT2D eigenvalue weighted by atomic mass is 10.1. The van der Waals surface area contributed by atoms with Crippen molar-refractivity contribution in [3.05, 3.63) is 11.7 Å². The number of nitrogens with zero attached hydrogens (tertiary/aromatic N) is 2. The van der Waals surface area contributed by atoms with Gasteiger partial charge in [-0.2, -0.15) is 4.98 Å². The molecule has 6 heteroatoms. The number of aliphatic hydroxyl groups is 1. The molecule has 20 heavy (non-hydrogen) atoms. The molecule has 6 nitrogen and oxygen atoms in total. The molecular formula is C14H21N3O3. The zero-order valence-corrected chi connectivity index (χ0v) is 11.7. The van der Waals surface area contributed by atoms with Crippen LogP contribution in [0.5, 0.6) is 0 Å². The third-order valence-corrected chi connectivity index (χ3v) is 4.17. The summed E-state index contributed by atoms with van der Waals surface area (Å²) in [5.74, 6) is 1.45. The topological polar surface area (TPSA) is 88.2 Å². The van der Waals surface area contributed by atoms with Gasteiger partial charge in [-0.3, -0.25) is 4.79 Å². The van der Waals surface area contributed by atoms with Gasteiger partial charge in [0.05, 0.1) is 6.10 Å². The van der Waals surface area contributed by atoms with Crippen LogP contribution in [0.15, 0.2) is 4.52 Å². The van der Waals surface area contributed by atoms with E-state index in [1.807, 2.05) is 0 Å². The van der Waals surface area contributed by atoms with Gasteiger partial charge < -0.3 is 14.9 Å². The van der Waals surface area contributed by atoms with Crippen molar-refractivity contribution in [1.29, 1.82) is 0 Å². The fourth-order valence-electron chi connectivity index (χ4n) is 2.73. The molecule has 1 amide bonds. The van der Waals surface area contributed by atoms with Crippen LogP contribution in [-0.4, -0.2) is 27.3 Å². The van der Waals surface area contributed by atoms with Gasteiger partial charge in [-0.1, -0.05) is 18.0 Å². The Bertz CT molecular complexity index is 476. The minimum atomic E-state index is -0.755. The predicted molar refractivity (Wildman–Crippen MR) is 70.8 cm³/mol. The maximum atomic E-state index is 11.8. The van der Waals surface area contributed by atoms with Crippen LogP contribution in [0.25, 0.3) is 0 Å². The van der Waals surface area contributed by atoms with Gasteiger partial charge in [-0.15, -0.1) is 0 Å². The van der Waals surface area contributed by atoms with E-state index in [0.29, 0.717) is 17.6 Å². The van der Waals surface area contributed by atoms with Crippen molar-refractivity contribution in [3.63, 3.8) is 0 Å². The van der Waals surface area contributed by atoms with Gasteiger partial charge in [-0.05, 0) is 32.6 Å². The Kier molecular flexibility index (Phi) is 3.74. The summed E-state index contributed by atoms with van der Waals surface area (Å²) in [5.41, 5.74) is 0. The summed E-state index contributed by atoms with van der Waals surface area (Å²) in [6, 6.07) is -0.606. The maximum Gasteiger partial charge on any atom is 0.251 e. The standard InChI is InChI=1S/C14H21N3O3/c1-8(18)11(15-13(19)10-6-7-10)14-16-12(17-20-14)9-4-2-3-5-9/h8-11,18H,2-7H2,1H3,(H,15,19)/t8-,11+/m0/s1.